The summed E-state index contributed by atoms with van der Waals surface area (Å²) in [6.07, 6.45) is 3.60. The summed E-state index contributed by atoms with van der Waals surface area (Å²) in [7, 11) is 0. The van der Waals surface area contributed by atoms with Crippen LogP contribution in [0.1, 0.15) is 33.5 Å². The van der Waals surface area contributed by atoms with Crippen molar-refractivity contribution in [2.45, 2.75) is 19.4 Å². The maximum Gasteiger partial charge on any atom is 0.277 e. The maximum atomic E-state index is 11.7. The number of benzene rings is 2. The monoisotopic (exact) mass is 405 g/mol. The van der Waals surface area contributed by atoms with Gasteiger partial charge in [-0.3, -0.25) is 9.69 Å². The molecule has 1 fully saturated rings. The third-order valence-electron chi connectivity index (χ3n) is 6.19. The Balaban J connectivity index is 1.08. The van der Waals surface area contributed by atoms with Gasteiger partial charge in [0, 0.05) is 55.8 Å². The van der Waals surface area contributed by atoms with Crippen molar-refractivity contribution >= 4 is 17.8 Å². The number of fused-ring (bicyclic) bond motifs is 2. The summed E-state index contributed by atoms with van der Waals surface area (Å²) in [6.45, 7) is 7.47. The highest BCUT2D eigenvalue weighted by Crippen LogP contribution is 2.29. The van der Waals surface area contributed by atoms with Crippen LogP contribution in [0.15, 0.2) is 41.4 Å². The molecular formula is C24H27N3O3. The van der Waals surface area contributed by atoms with Crippen LogP contribution < -0.4 is 9.64 Å². The van der Waals surface area contributed by atoms with Gasteiger partial charge in [-0.2, -0.15) is 0 Å². The van der Waals surface area contributed by atoms with Crippen molar-refractivity contribution in [3.05, 3.63) is 58.7 Å². The first-order valence-electron chi connectivity index (χ1n) is 10.8. The van der Waals surface area contributed by atoms with Gasteiger partial charge in [0.05, 0.1) is 25.4 Å². The van der Waals surface area contributed by atoms with Crippen molar-refractivity contribution < 1.29 is 14.3 Å². The Morgan fingerprint density at radius 3 is 2.90 bits per heavy atom. The molecule has 6 heteroatoms. The summed E-state index contributed by atoms with van der Waals surface area (Å²) in [5.74, 6) is 0.563. The quantitative estimate of drug-likeness (QED) is 0.692. The van der Waals surface area contributed by atoms with Crippen LogP contribution in [-0.4, -0.2) is 63.0 Å². The van der Waals surface area contributed by atoms with Crippen molar-refractivity contribution in [2.75, 3.05) is 50.8 Å². The molecule has 0 aliphatic carbocycles. The highest BCUT2D eigenvalue weighted by Gasteiger charge is 2.22. The van der Waals surface area contributed by atoms with Crippen LogP contribution >= 0.6 is 0 Å². The number of amides is 1. The van der Waals surface area contributed by atoms with E-state index in [1.807, 2.05) is 12.1 Å². The molecule has 1 saturated heterocycles. The lowest BCUT2D eigenvalue weighted by molar-refractivity contribution is 0.101. The number of hydrogen-bond acceptors (Lipinski definition) is 5. The van der Waals surface area contributed by atoms with Gasteiger partial charge in [-0.25, -0.2) is 4.99 Å². The van der Waals surface area contributed by atoms with Crippen LogP contribution in [0.2, 0.25) is 0 Å². The second-order valence-electron chi connectivity index (χ2n) is 8.06. The zero-order valence-corrected chi connectivity index (χ0v) is 17.2. The summed E-state index contributed by atoms with van der Waals surface area (Å²) in [6, 6.07) is 12.3. The number of carbonyl (C=O) groups is 1. The summed E-state index contributed by atoms with van der Waals surface area (Å²) >= 11 is 0. The number of carbonyl (C=O) groups excluding carboxylic acids is 1. The highest BCUT2D eigenvalue weighted by molar-refractivity contribution is 6.13. The van der Waals surface area contributed by atoms with Gasteiger partial charge in [0.15, 0.2) is 0 Å². The minimum Gasteiger partial charge on any atom is -0.494 e. The summed E-state index contributed by atoms with van der Waals surface area (Å²) in [4.78, 5) is 20.5. The van der Waals surface area contributed by atoms with E-state index in [-0.39, 0.29) is 5.91 Å². The van der Waals surface area contributed by atoms with Gasteiger partial charge in [0.25, 0.3) is 5.91 Å². The molecule has 0 unspecified atom stereocenters. The van der Waals surface area contributed by atoms with E-state index in [2.05, 4.69) is 33.0 Å². The molecule has 0 bridgehead atoms. The molecule has 5 rings (SSSR count). The van der Waals surface area contributed by atoms with Gasteiger partial charge in [-0.05, 0) is 42.7 Å². The average Bonchev–Trinajstić information content (AvgIpc) is 3.17. The summed E-state index contributed by atoms with van der Waals surface area (Å²) < 4.78 is 11.6. The fourth-order valence-electron chi connectivity index (χ4n) is 4.49. The molecule has 30 heavy (non-hydrogen) atoms. The van der Waals surface area contributed by atoms with Crippen molar-refractivity contribution in [2.24, 2.45) is 4.99 Å². The molecule has 3 aliphatic rings. The Labute approximate surface area is 177 Å². The predicted octanol–water partition coefficient (Wildman–Crippen LogP) is 2.92. The molecule has 6 nitrogen and oxygen atoms in total. The van der Waals surface area contributed by atoms with E-state index >= 15 is 0 Å². The molecule has 2 aromatic carbocycles. The zero-order chi connectivity index (χ0) is 20.3. The maximum absolute atomic E-state index is 11.7. The number of hydrogen-bond donors (Lipinski definition) is 0. The van der Waals surface area contributed by atoms with Gasteiger partial charge in [-0.1, -0.05) is 12.1 Å². The Kier molecular flexibility index (Phi) is 5.51. The molecule has 3 heterocycles. The molecule has 0 atom stereocenters. The second kappa shape index (κ2) is 8.58. The van der Waals surface area contributed by atoms with Crippen LogP contribution in [0.25, 0.3) is 0 Å². The van der Waals surface area contributed by atoms with Gasteiger partial charge in [-0.15, -0.1) is 0 Å². The number of aliphatic imine (C=N–C) groups is 1. The first kappa shape index (κ1) is 19.3. The van der Waals surface area contributed by atoms with E-state index in [1.54, 1.807) is 12.3 Å². The Hall–Kier alpha value is -2.70. The molecule has 0 saturated carbocycles. The number of ether oxygens (including phenoxy) is 2. The average molecular weight is 405 g/mol. The van der Waals surface area contributed by atoms with Crippen molar-refractivity contribution in [1.82, 2.24) is 4.90 Å². The summed E-state index contributed by atoms with van der Waals surface area (Å²) in [5.41, 5.74) is 5.68. The number of anilines is 1. The molecule has 2 aromatic rings. The summed E-state index contributed by atoms with van der Waals surface area (Å²) in [5, 5.41) is 0. The standard InChI is InChI=1S/C24H27N3O3/c28-24-21-15-20(6-5-19(21)16-25-24)30-13-2-8-26-9-11-27(12-10-26)23-4-1-3-18-7-14-29-17-22(18)23/h1,3-6,15-16H,2,7-14,17H2. The fourth-order valence-corrected chi connectivity index (χ4v) is 4.49. The van der Waals surface area contributed by atoms with Gasteiger partial charge >= 0.3 is 0 Å². The van der Waals surface area contributed by atoms with Gasteiger partial charge in [0.1, 0.15) is 5.75 Å². The third-order valence-corrected chi connectivity index (χ3v) is 6.19. The minimum atomic E-state index is -0.181. The lowest BCUT2D eigenvalue weighted by Gasteiger charge is -2.37. The van der Waals surface area contributed by atoms with Gasteiger partial charge in [0.2, 0.25) is 0 Å². The van der Waals surface area contributed by atoms with Crippen molar-refractivity contribution in [1.29, 1.82) is 0 Å². The van der Waals surface area contributed by atoms with Crippen LogP contribution in [0.4, 0.5) is 5.69 Å². The molecule has 0 radical (unpaired) electrons. The molecule has 0 aromatic heterocycles. The SMILES string of the molecule is O=C1N=Cc2ccc(OCCCN3CCN(c4cccc5c4COCC5)CC3)cc21. The van der Waals surface area contributed by atoms with E-state index in [4.69, 9.17) is 9.47 Å². The van der Waals surface area contributed by atoms with Crippen LogP contribution in [0.3, 0.4) is 0 Å². The lowest BCUT2D eigenvalue weighted by Crippen LogP contribution is -2.47. The molecule has 0 N–H and O–H groups in total. The minimum absolute atomic E-state index is 0.181. The fraction of sp³-hybridized carbons (Fsp3) is 0.417. The lowest BCUT2D eigenvalue weighted by atomic mass is 10.0. The normalized spacial score (nSPS) is 18.4. The molecule has 0 spiro atoms. The van der Waals surface area contributed by atoms with E-state index in [9.17, 15) is 4.79 Å². The third kappa shape index (κ3) is 3.98. The first-order valence-corrected chi connectivity index (χ1v) is 10.8. The van der Waals surface area contributed by atoms with E-state index in [0.717, 1.165) is 70.1 Å². The van der Waals surface area contributed by atoms with Crippen LogP contribution in [0, 0.1) is 0 Å². The van der Waals surface area contributed by atoms with E-state index in [0.29, 0.717) is 12.2 Å². The molecule has 3 aliphatic heterocycles. The number of piperazine rings is 1. The predicted molar refractivity (Wildman–Crippen MR) is 117 cm³/mol. The van der Waals surface area contributed by atoms with Gasteiger partial charge < -0.3 is 14.4 Å². The number of nitrogens with zero attached hydrogens (tertiary/aromatic N) is 3. The molecular weight excluding hydrogens is 378 g/mol. The topological polar surface area (TPSA) is 54.4 Å². The number of rotatable bonds is 6. The molecule has 1 amide bonds. The Morgan fingerprint density at radius 1 is 1.10 bits per heavy atom. The van der Waals surface area contributed by atoms with Crippen molar-refractivity contribution in [3.63, 3.8) is 0 Å². The van der Waals surface area contributed by atoms with Crippen molar-refractivity contribution in [3.8, 4) is 5.75 Å². The zero-order valence-electron chi connectivity index (χ0n) is 17.2. The molecule has 156 valence electrons. The largest absolute Gasteiger partial charge is 0.494 e. The first-order chi connectivity index (χ1) is 14.8. The Bertz CT molecular complexity index is 964. The van der Waals surface area contributed by atoms with Crippen LogP contribution in [-0.2, 0) is 17.8 Å². The van der Waals surface area contributed by atoms with E-state index < -0.39 is 0 Å². The smallest absolute Gasteiger partial charge is 0.277 e. The second-order valence-corrected chi connectivity index (χ2v) is 8.06. The van der Waals surface area contributed by atoms with E-state index in [1.165, 1.54) is 16.8 Å². The Morgan fingerprint density at radius 2 is 2.00 bits per heavy atom. The highest BCUT2D eigenvalue weighted by atomic mass is 16.5. The van der Waals surface area contributed by atoms with Crippen LogP contribution in [0.5, 0.6) is 5.75 Å².